The van der Waals surface area contributed by atoms with Crippen molar-refractivity contribution in [2.75, 3.05) is 14.1 Å². The molecule has 0 N–H and O–H groups in total. The number of carbonyl (C=O) groups is 2. The molecule has 140 valence electrons. The van der Waals surface area contributed by atoms with Gasteiger partial charge in [0.15, 0.2) is 0 Å². The molecule has 0 spiro atoms. The zero-order valence-corrected chi connectivity index (χ0v) is 15.8. The number of hydrogen-bond donors (Lipinski definition) is 0. The molecule has 2 aromatic heterocycles. The van der Waals surface area contributed by atoms with E-state index in [0.717, 1.165) is 4.88 Å². The van der Waals surface area contributed by atoms with Gasteiger partial charge in [0.2, 0.25) is 17.8 Å². The van der Waals surface area contributed by atoms with Crippen molar-refractivity contribution in [3.8, 4) is 10.7 Å². The van der Waals surface area contributed by atoms with Gasteiger partial charge in [0.1, 0.15) is 0 Å². The van der Waals surface area contributed by atoms with Crippen LogP contribution in [0.15, 0.2) is 52.4 Å². The summed E-state index contributed by atoms with van der Waals surface area (Å²) in [6, 6.07) is 12.7. The fourth-order valence-electron chi connectivity index (χ4n) is 2.39. The number of hydrogen-bond acceptors (Lipinski definition) is 7. The lowest BCUT2D eigenvalue weighted by atomic mass is 10.1. The van der Waals surface area contributed by atoms with Crippen LogP contribution in [0.1, 0.15) is 24.0 Å². The molecule has 1 atom stereocenters. The molecule has 0 aliphatic rings. The summed E-state index contributed by atoms with van der Waals surface area (Å²) in [5, 5.41) is 5.83. The lowest BCUT2D eigenvalue weighted by Gasteiger charge is -2.21. The number of aryl methyl sites for hydroxylation is 1. The maximum Gasteiger partial charge on any atom is 0.307 e. The maximum absolute atomic E-state index is 12.4. The van der Waals surface area contributed by atoms with Gasteiger partial charge in [0.05, 0.1) is 11.3 Å². The highest BCUT2D eigenvalue weighted by molar-refractivity contribution is 7.13. The number of likely N-dealkylation sites (N-methyl/N-ethyl adjacent to an activating group) is 1. The van der Waals surface area contributed by atoms with E-state index < -0.39 is 12.1 Å². The first kappa shape index (κ1) is 18.8. The van der Waals surface area contributed by atoms with E-state index in [2.05, 4.69) is 10.1 Å². The Bertz CT molecular complexity index is 891. The molecular weight excluding hydrogens is 366 g/mol. The predicted molar refractivity (Wildman–Crippen MR) is 99.9 cm³/mol. The van der Waals surface area contributed by atoms with E-state index in [-0.39, 0.29) is 18.7 Å². The molecule has 1 aromatic carbocycles. The highest BCUT2D eigenvalue weighted by atomic mass is 32.1. The van der Waals surface area contributed by atoms with Crippen molar-refractivity contribution in [3.63, 3.8) is 0 Å². The third-order valence-electron chi connectivity index (χ3n) is 3.77. The van der Waals surface area contributed by atoms with Gasteiger partial charge in [-0.05, 0) is 11.4 Å². The van der Waals surface area contributed by atoms with Crippen LogP contribution in [0.2, 0.25) is 0 Å². The van der Waals surface area contributed by atoms with Crippen molar-refractivity contribution in [2.24, 2.45) is 0 Å². The number of nitrogens with zero attached hydrogens (tertiary/aromatic N) is 3. The molecule has 1 amide bonds. The van der Waals surface area contributed by atoms with Crippen molar-refractivity contribution >= 4 is 23.2 Å². The fraction of sp³-hybridized carbons (Fsp3) is 0.263. The highest BCUT2D eigenvalue weighted by Gasteiger charge is 2.26. The zero-order chi connectivity index (χ0) is 19.2. The molecule has 0 bridgehead atoms. The Morgan fingerprint density at radius 1 is 1.19 bits per heavy atom. The number of carbonyl (C=O) groups excluding carboxylic acids is 2. The van der Waals surface area contributed by atoms with Crippen molar-refractivity contribution in [1.82, 2.24) is 15.0 Å². The first-order chi connectivity index (χ1) is 13.0. The molecule has 3 rings (SSSR count). The molecule has 2 heterocycles. The van der Waals surface area contributed by atoms with Crippen LogP contribution < -0.4 is 0 Å². The zero-order valence-electron chi connectivity index (χ0n) is 15.0. The smallest absolute Gasteiger partial charge is 0.307 e. The summed E-state index contributed by atoms with van der Waals surface area (Å²) in [4.78, 5) is 31.2. The number of ether oxygens (including phenoxy) is 1. The molecule has 0 aliphatic carbocycles. The van der Waals surface area contributed by atoms with Gasteiger partial charge in [-0.3, -0.25) is 9.59 Å². The summed E-state index contributed by atoms with van der Waals surface area (Å²) in [5.74, 6) is 0.0473. The van der Waals surface area contributed by atoms with Crippen molar-refractivity contribution in [3.05, 3.63) is 59.3 Å². The molecular formula is C19H19N3O4S. The van der Waals surface area contributed by atoms with Crippen LogP contribution in [-0.2, 0) is 20.7 Å². The topological polar surface area (TPSA) is 85.5 Å². The Hall–Kier alpha value is -3.00. The Balaban J connectivity index is 1.62. The van der Waals surface area contributed by atoms with E-state index in [0.29, 0.717) is 17.3 Å². The van der Waals surface area contributed by atoms with Crippen LogP contribution in [0.25, 0.3) is 10.7 Å². The first-order valence-electron chi connectivity index (χ1n) is 8.36. The molecule has 0 radical (unpaired) electrons. The van der Waals surface area contributed by atoms with Gasteiger partial charge < -0.3 is 14.2 Å². The number of benzene rings is 1. The Kier molecular flexibility index (Phi) is 5.97. The molecule has 0 saturated carbocycles. The quantitative estimate of drug-likeness (QED) is 0.581. The van der Waals surface area contributed by atoms with E-state index >= 15 is 0 Å². The predicted octanol–water partition coefficient (Wildman–Crippen LogP) is 3.10. The minimum absolute atomic E-state index is 0.0378. The van der Waals surface area contributed by atoms with Crippen molar-refractivity contribution in [1.29, 1.82) is 0 Å². The summed E-state index contributed by atoms with van der Waals surface area (Å²) >= 11 is 1.51. The third-order valence-corrected chi connectivity index (χ3v) is 4.64. The van der Waals surface area contributed by atoms with Crippen LogP contribution >= 0.6 is 11.3 Å². The van der Waals surface area contributed by atoms with E-state index in [1.54, 1.807) is 38.4 Å². The minimum atomic E-state index is -0.974. The summed E-state index contributed by atoms with van der Waals surface area (Å²) in [6.45, 7) is 0. The molecule has 3 aromatic rings. The largest absolute Gasteiger partial charge is 0.447 e. The molecule has 0 fully saturated rings. The molecule has 27 heavy (non-hydrogen) atoms. The van der Waals surface area contributed by atoms with Gasteiger partial charge in [-0.1, -0.05) is 41.6 Å². The van der Waals surface area contributed by atoms with Gasteiger partial charge in [0, 0.05) is 26.1 Å². The fourth-order valence-corrected chi connectivity index (χ4v) is 3.03. The SMILES string of the molecule is CN(C)C(=O)[C@H](OC(=O)CCc1nc(-c2cccs2)no1)c1ccccc1. The summed E-state index contributed by atoms with van der Waals surface area (Å²) in [6.07, 6.45) is -0.691. The number of aromatic nitrogens is 2. The standard InChI is InChI=1S/C19H19N3O4S/c1-22(2)19(24)17(13-7-4-3-5-8-13)25-16(23)11-10-15-20-18(21-26-15)14-9-6-12-27-14/h3-9,12,17H,10-11H2,1-2H3/t17-/m1/s1. The van der Waals surface area contributed by atoms with Gasteiger partial charge in [-0.2, -0.15) is 4.98 Å². The molecule has 8 heteroatoms. The van der Waals surface area contributed by atoms with E-state index in [1.165, 1.54) is 16.2 Å². The van der Waals surface area contributed by atoms with Crippen molar-refractivity contribution < 1.29 is 18.8 Å². The summed E-state index contributed by atoms with van der Waals surface area (Å²) in [7, 11) is 3.24. The van der Waals surface area contributed by atoms with Crippen LogP contribution in [0.5, 0.6) is 0 Å². The lowest BCUT2D eigenvalue weighted by molar-refractivity contribution is -0.159. The van der Waals surface area contributed by atoms with Crippen LogP contribution in [0.3, 0.4) is 0 Å². The summed E-state index contributed by atoms with van der Waals surface area (Å²) < 4.78 is 10.6. The van der Waals surface area contributed by atoms with Gasteiger partial charge in [-0.25, -0.2) is 0 Å². The van der Waals surface area contributed by atoms with Gasteiger partial charge in [-0.15, -0.1) is 11.3 Å². The Labute approximate surface area is 160 Å². The molecule has 0 unspecified atom stereocenters. The van der Waals surface area contributed by atoms with Gasteiger partial charge in [0.25, 0.3) is 5.91 Å². The van der Waals surface area contributed by atoms with E-state index in [4.69, 9.17) is 9.26 Å². The second-order valence-electron chi connectivity index (χ2n) is 6.00. The average molecular weight is 385 g/mol. The average Bonchev–Trinajstić information content (AvgIpc) is 3.36. The monoisotopic (exact) mass is 385 g/mol. The normalized spacial score (nSPS) is 11.8. The third kappa shape index (κ3) is 4.79. The lowest BCUT2D eigenvalue weighted by Crippen LogP contribution is -2.31. The maximum atomic E-state index is 12.4. The minimum Gasteiger partial charge on any atom is -0.447 e. The second kappa shape index (κ2) is 8.59. The number of thiophene rings is 1. The van der Waals surface area contributed by atoms with Crippen LogP contribution in [-0.4, -0.2) is 41.0 Å². The second-order valence-corrected chi connectivity index (χ2v) is 6.95. The Morgan fingerprint density at radius 2 is 1.96 bits per heavy atom. The molecule has 0 saturated heterocycles. The van der Waals surface area contributed by atoms with Gasteiger partial charge >= 0.3 is 5.97 Å². The number of esters is 1. The number of rotatable bonds is 7. The summed E-state index contributed by atoms with van der Waals surface area (Å²) in [5.41, 5.74) is 0.627. The highest BCUT2D eigenvalue weighted by Crippen LogP contribution is 2.22. The number of amides is 1. The van der Waals surface area contributed by atoms with E-state index in [1.807, 2.05) is 23.6 Å². The van der Waals surface area contributed by atoms with Crippen LogP contribution in [0, 0.1) is 0 Å². The first-order valence-corrected chi connectivity index (χ1v) is 9.24. The molecule has 0 aliphatic heterocycles. The molecule has 7 nitrogen and oxygen atoms in total. The van der Waals surface area contributed by atoms with E-state index in [9.17, 15) is 9.59 Å². The van der Waals surface area contributed by atoms with Crippen molar-refractivity contribution in [2.45, 2.75) is 18.9 Å². The Morgan fingerprint density at radius 3 is 2.63 bits per heavy atom. The van der Waals surface area contributed by atoms with Crippen LogP contribution in [0.4, 0.5) is 0 Å².